The van der Waals surface area contributed by atoms with Crippen molar-refractivity contribution in [3.05, 3.63) is 72.5 Å². The van der Waals surface area contributed by atoms with Crippen LogP contribution in [0.2, 0.25) is 0 Å². The lowest BCUT2D eigenvalue weighted by atomic mass is 10.2. The number of nitrogens with one attached hydrogen (secondary N) is 1. The first kappa shape index (κ1) is 21.2. The molecule has 6 rings (SSSR count). The van der Waals surface area contributed by atoms with Gasteiger partial charge in [-0.25, -0.2) is 14.4 Å². The standard InChI is InChI=1S/C25H22FN7O2/c1-14(2)33-13-28-31-24(33)18-4-3-5-23(29-18)30-25(34)22-10-17-20(8-16(26)9-21(17)35-22)32-11-19(27-12-32)15-6-7-15/h3-5,8-15H,6-7H2,1-2H3,(H,29,30,34). The summed E-state index contributed by atoms with van der Waals surface area (Å²) < 4.78 is 23.8. The summed E-state index contributed by atoms with van der Waals surface area (Å²) in [6.45, 7) is 4.04. The molecule has 0 unspecified atom stereocenters. The Morgan fingerprint density at radius 1 is 1.20 bits per heavy atom. The van der Waals surface area contributed by atoms with Crippen LogP contribution in [0.4, 0.5) is 10.2 Å². The highest BCUT2D eigenvalue weighted by Gasteiger charge is 2.26. The number of aromatic nitrogens is 6. The molecular formula is C25H22FN7O2. The van der Waals surface area contributed by atoms with Crippen molar-refractivity contribution in [2.75, 3.05) is 5.32 Å². The predicted molar refractivity (Wildman–Crippen MR) is 127 cm³/mol. The molecular weight excluding hydrogens is 449 g/mol. The number of amides is 1. The number of anilines is 1. The number of benzene rings is 1. The van der Waals surface area contributed by atoms with Gasteiger partial charge >= 0.3 is 0 Å². The number of imidazole rings is 1. The SMILES string of the molecule is CC(C)n1cnnc1-c1cccc(NC(=O)c2cc3c(-n4cnc(C5CC5)c4)cc(F)cc3o2)n1. The van der Waals surface area contributed by atoms with E-state index < -0.39 is 11.7 Å². The summed E-state index contributed by atoms with van der Waals surface area (Å²) in [5, 5.41) is 11.5. The summed E-state index contributed by atoms with van der Waals surface area (Å²) in [4.78, 5) is 22.0. The normalized spacial score (nSPS) is 13.6. The molecule has 9 nitrogen and oxygen atoms in total. The van der Waals surface area contributed by atoms with Gasteiger partial charge in [-0.15, -0.1) is 10.2 Å². The zero-order chi connectivity index (χ0) is 24.1. The van der Waals surface area contributed by atoms with Gasteiger partial charge in [-0.1, -0.05) is 6.07 Å². The molecule has 1 amide bonds. The number of pyridine rings is 1. The second kappa shape index (κ2) is 8.15. The van der Waals surface area contributed by atoms with Crippen LogP contribution in [0.25, 0.3) is 28.2 Å². The fourth-order valence-corrected chi connectivity index (χ4v) is 4.08. The third-order valence-electron chi connectivity index (χ3n) is 6.03. The first-order valence-electron chi connectivity index (χ1n) is 11.4. The molecule has 0 atom stereocenters. The van der Waals surface area contributed by atoms with Crippen molar-refractivity contribution >= 4 is 22.7 Å². The van der Waals surface area contributed by atoms with Gasteiger partial charge in [0.15, 0.2) is 11.6 Å². The first-order valence-corrected chi connectivity index (χ1v) is 11.4. The summed E-state index contributed by atoms with van der Waals surface area (Å²) in [6.07, 6.45) is 7.46. The zero-order valence-electron chi connectivity index (χ0n) is 19.1. The Labute approximate surface area is 199 Å². The largest absolute Gasteiger partial charge is 0.451 e. The molecule has 1 aromatic carbocycles. The molecule has 10 heteroatoms. The van der Waals surface area contributed by atoms with Gasteiger partial charge in [0.1, 0.15) is 29.2 Å². The Balaban J connectivity index is 1.30. The Morgan fingerprint density at radius 2 is 2.06 bits per heavy atom. The summed E-state index contributed by atoms with van der Waals surface area (Å²) in [5.74, 6) is 0.508. The van der Waals surface area contributed by atoms with E-state index >= 15 is 0 Å². The van der Waals surface area contributed by atoms with Gasteiger partial charge in [0.2, 0.25) is 0 Å². The highest BCUT2D eigenvalue weighted by Crippen LogP contribution is 2.39. The molecule has 1 aliphatic rings. The van der Waals surface area contributed by atoms with Gasteiger partial charge in [0.05, 0.1) is 17.7 Å². The van der Waals surface area contributed by atoms with Crippen LogP contribution in [0.1, 0.15) is 54.9 Å². The fourth-order valence-electron chi connectivity index (χ4n) is 4.08. The van der Waals surface area contributed by atoms with Crippen LogP contribution >= 0.6 is 0 Å². The van der Waals surface area contributed by atoms with E-state index in [0.29, 0.717) is 34.3 Å². The van der Waals surface area contributed by atoms with Gasteiger partial charge in [0, 0.05) is 29.6 Å². The Hall–Kier alpha value is -4.34. The number of carbonyl (C=O) groups is 1. The van der Waals surface area contributed by atoms with E-state index in [2.05, 4.69) is 25.5 Å². The molecule has 35 heavy (non-hydrogen) atoms. The zero-order valence-corrected chi connectivity index (χ0v) is 19.1. The van der Waals surface area contributed by atoms with Gasteiger partial charge < -0.3 is 18.9 Å². The lowest BCUT2D eigenvalue weighted by Gasteiger charge is -2.10. The lowest BCUT2D eigenvalue weighted by Crippen LogP contribution is -2.12. The summed E-state index contributed by atoms with van der Waals surface area (Å²) >= 11 is 0. The molecule has 0 aliphatic heterocycles. The smallest absolute Gasteiger partial charge is 0.292 e. The van der Waals surface area contributed by atoms with E-state index in [1.807, 2.05) is 24.6 Å². The van der Waals surface area contributed by atoms with Crippen molar-refractivity contribution in [1.82, 2.24) is 29.3 Å². The predicted octanol–water partition coefficient (Wildman–Crippen LogP) is 5.12. The second-order valence-corrected chi connectivity index (χ2v) is 8.95. The maximum atomic E-state index is 14.4. The molecule has 4 aromatic heterocycles. The van der Waals surface area contributed by atoms with Crippen molar-refractivity contribution in [2.24, 2.45) is 0 Å². The molecule has 5 aromatic rings. The third-order valence-corrected chi connectivity index (χ3v) is 6.03. The number of hydrogen-bond donors (Lipinski definition) is 1. The Bertz CT molecular complexity index is 1560. The molecule has 1 saturated carbocycles. The van der Waals surface area contributed by atoms with Crippen molar-refractivity contribution in [3.8, 4) is 17.2 Å². The third kappa shape index (κ3) is 3.96. The number of rotatable bonds is 6. The van der Waals surface area contributed by atoms with E-state index in [4.69, 9.17) is 4.42 Å². The molecule has 1 aliphatic carbocycles. The maximum absolute atomic E-state index is 14.4. The van der Waals surface area contributed by atoms with E-state index in [0.717, 1.165) is 18.5 Å². The molecule has 1 fully saturated rings. The molecule has 0 spiro atoms. The van der Waals surface area contributed by atoms with Gasteiger partial charge in [-0.2, -0.15) is 0 Å². The quantitative estimate of drug-likeness (QED) is 0.369. The second-order valence-electron chi connectivity index (χ2n) is 8.95. The van der Waals surface area contributed by atoms with Crippen LogP contribution in [0.5, 0.6) is 0 Å². The first-order chi connectivity index (χ1) is 17.0. The van der Waals surface area contributed by atoms with Gasteiger partial charge in [-0.05, 0) is 51.0 Å². The van der Waals surface area contributed by atoms with Crippen molar-refractivity contribution in [3.63, 3.8) is 0 Å². The van der Waals surface area contributed by atoms with Crippen molar-refractivity contribution in [1.29, 1.82) is 0 Å². The number of nitrogens with zero attached hydrogens (tertiary/aromatic N) is 6. The van der Waals surface area contributed by atoms with E-state index in [9.17, 15) is 9.18 Å². The number of hydrogen-bond acceptors (Lipinski definition) is 6. The summed E-state index contributed by atoms with van der Waals surface area (Å²) in [5.41, 5.74) is 2.41. The maximum Gasteiger partial charge on any atom is 0.292 e. The van der Waals surface area contributed by atoms with Gasteiger partial charge in [-0.3, -0.25) is 4.79 Å². The van der Waals surface area contributed by atoms with Crippen LogP contribution < -0.4 is 5.32 Å². The van der Waals surface area contributed by atoms with E-state index in [1.54, 1.807) is 41.5 Å². The topological polar surface area (TPSA) is 104 Å². The van der Waals surface area contributed by atoms with E-state index in [1.165, 1.54) is 12.1 Å². The summed E-state index contributed by atoms with van der Waals surface area (Å²) in [7, 11) is 0. The average molecular weight is 471 g/mol. The Kier molecular flexibility index (Phi) is 4.94. The molecule has 1 N–H and O–H groups in total. The number of furan rings is 1. The number of fused-ring (bicyclic) bond motifs is 1. The highest BCUT2D eigenvalue weighted by molar-refractivity contribution is 6.05. The van der Waals surface area contributed by atoms with Crippen LogP contribution in [0.3, 0.4) is 0 Å². The number of carbonyl (C=O) groups excluding carboxylic acids is 1. The molecule has 0 bridgehead atoms. The summed E-state index contributed by atoms with van der Waals surface area (Å²) in [6, 6.07) is 9.70. The monoisotopic (exact) mass is 471 g/mol. The van der Waals surface area contributed by atoms with Crippen LogP contribution in [-0.4, -0.2) is 35.2 Å². The lowest BCUT2D eigenvalue weighted by molar-refractivity contribution is 0.0998. The van der Waals surface area contributed by atoms with Crippen molar-refractivity contribution < 1.29 is 13.6 Å². The highest BCUT2D eigenvalue weighted by atomic mass is 19.1. The molecule has 0 saturated heterocycles. The van der Waals surface area contributed by atoms with Crippen LogP contribution in [-0.2, 0) is 0 Å². The number of halogens is 1. The van der Waals surface area contributed by atoms with Crippen LogP contribution in [0.15, 0.2) is 59.7 Å². The minimum absolute atomic E-state index is 0.0481. The average Bonchev–Trinajstić information content (AvgIpc) is 3.25. The molecule has 4 heterocycles. The van der Waals surface area contributed by atoms with E-state index in [-0.39, 0.29) is 17.4 Å². The van der Waals surface area contributed by atoms with Crippen LogP contribution in [0, 0.1) is 5.82 Å². The van der Waals surface area contributed by atoms with Gasteiger partial charge in [0.25, 0.3) is 5.91 Å². The minimum atomic E-state index is -0.494. The Morgan fingerprint density at radius 3 is 2.86 bits per heavy atom. The fraction of sp³-hybridized carbons (Fsp3) is 0.240. The molecule has 176 valence electrons. The minimum Gasteiger partial charge on any atom is -0.451 e. The molecule has 0 radical (unpaired) electrons. The van der Waals surface area contributed by atoms with Crippen molar-refractivity contribution in [2.45, 2.75) is 38.6 Å².